The Hall–Kier alpha value is -1.39. The molecule has 2 N–H and O–H groups in total. The molecule has 1 saturated heterocycles. The van der Waals surface area contributed by atoms with Gasteiger partial charge in [-0.05, 0) is 54.4 Å². The van der Waals surface area contributed by atoms with Crippen LogP contribution < -0.4 is 10.6 Å². The zero-order valence-electron chi connectivity index (χ0n) is 11.2. The van der Waals surface area contributed by atoms with E-state index in [1.165, 1.54) is 0 Å². The summed E-state index contributed by atoms with van der Waals surface area (Å²) in [6.07, 6.45) is 3.21. The maximum atomic E-state index is 12.2. The van der Waals surface area contributed by atoms with Gasteiger partial charge in [-0.2, -0.15) is 0 Å². The van der Waals surface area contributed by atoms with Crippen LogP contribution in [0.4, 0.5) is 5.69 Å². The number of hydrogen-bond acceptors (Lipinski definition) is 2. The van der Waals surface area contributed by atoms with Crippen molar-refractivity contribution in [3.05, 3.63) is 40.9 Å². The molecule has 1 aliphatic heterocycles. The molecule has 104 valence electrons. The van der Waals surface area contributed by atoms with Gasteiger partial charge in [0.25, 0.3) is 0 Å². The van der Waals surface area contributed by atoms with Crippen molar-refractivity contribution in [2.45, 2.75) is 25.3 Å². The van der Waals surface area contributed by atoms with Crippen LogP contribution in [0.15, 0.2) is 40.9 Å². The third-order valence-corrected chi connectivity index (χ3v) is 4.19. The van der Waals surface area contributed by atoms with Crippen LogP contribution in [0, 0.1) is 0 Å². The maximum Gasteiger partial charge on any atom is 0.241 e. The quantitative estimate of drug-likeness (QED) is 0.880. The molecule has 1 aliphatic rings. The Morgan fingerprint density at radius 3 is 2.75 bits per heavy atom. The fourth-order valence-corrected chi connectivity index (χ4v) is 2.98. The first-order valence-corrected chi connectivity index (χ1v) is 7.75. The molecule has 0 aromatic heterocycles. The molecule has 3 nitrogen and oxygen atoms in total. The van der Waals surface area contributed by atoms with E-state index in [2.05, 4.69) is 32.6 Å². The van der Waals surface area contributed by atoms with E-state index < -0.39 is 0 Å². The first-order chi connectivity index (χ1) is 9.72. The van der Waals surface area contributed by atoms with Gasteiger partial charge in [-0.1, -0.05) is 34.5 Å². The lowest BCUT2D eigenvalue weighted by Gasteiger charge is -2.22. The molecule has 1 heterocycles. The second-order valence-corrected chi connectivity index (χ2v) is 6.11. The van der Waals surface area contributed by atoms with Gasteiger partial charge in [-0.25, -0.2) is 0 Å². The van der Waals surface area contributed by atoms with Crippen LogP contribution in [-0.2, 0) is 4.79 Å². The lowest BCUT2D eigenvalue weighted by molar-refractivity contribution is -0.118. The third kappa shape index (κ3) is 3.02. The second-order valence-electron chi connectivity index (χ2n) is 5.20. The number of carbonyl (C=O) groups excluding carboxylic acids is 1. The number of anilines is 1. The van der Waals surface area contributed by atoms with Crippen molar-refractivity contribution in [1.82, 2.24) is 5.32 Å². The van der Waals surface area contributed by atoms with Crippen LogP contribution in [0.2, 0.25) is 0 Å². The van der Waals surface area contributed by atoms with E-state index in [9.17, 15) is 4.79 Å². The number of halogens is 1. The Kier molecular flexibility index (Phi) is 4.03. The highest BCUT2D eigenvalue weighted by Gasteiger charge is 2.20. The second kappa shape index (κ2) is 5.94. The third-order valence-electron chi connectivity index (χ3n) is 3.70. The molecule has 0 bridgehead atoms. The van der Waals surface area contributed by atoms with Crippen LogP contribution in [0.1, 0.15) is 19.3 Å². The van der Waals surface area contributed by atoms with Gasteiger partial charge < -0.3 is 10.6 Å². The van der Waals surface area contributed by atoms with Gasteiger partial charge in [-0.15, -0.1) is 0 Å². The predicted molar refractivity (Wildman–Crippen MR) is 85.9 cm³/mol. The number of nitrogens with one attached hydrogen (secondary N) is 2. The van der Waals surface area contributed by atoms with Crippen LogP contribution in [0.3, 0.4) is 0 Å². The molecule has 0 saturated carbocycles. The molecule has 1 fully saturated rings. The van der Waals surface area contributed by atoms with Crippen molar-refractivity contribution in [3.63, 3.8) is 0 Å². The number of fused-ring (bicyclic) bond motifs is 1. The number of rotatable bonds is 2. The zero-order valence-corrected chi connectivity index (χ0v) is 12.7. The van der Waals surface area contributed by atoms with Gasteiger partial charge in [0.1, 0.15) is 0 Å². The highest BCUT2D eigenvalue weighted by molar-refractivity contribution is 9.10. The molecular formula is C16H17BrN2O. The standard InChI is InChI=1S/C16H17BrN2O/c17-13-6-4-12-10-14(7-5-11(12)9-13)19-16(20)15-3-1-2-8-18-15/h4-7,9-10,15,18H,1-3,8H2,(H,19,20)/t15-/m0/s1. The van der Waals surface area contributed by atoms with Crippen molar-refractivity contribution >= 4 is 38.3 Å². The number of hydrogen-bond donors (Lipinski definition) is 2. The number of piperidine rings is 1. The Bertz CT molecular complexity index is 635. The molecule has 2 aromatic carbocycles. The first kappa shape index (κ1) is 13.6. The molecule has 0 radical (unpaired) electrons. The van der Waals surface area contributed by atoms with Gasteiger partial charge in [0.15, 0.2) is 0 Å². The lowest BCUT2D eigenvalue weighted by Crippen LogP contribution is -2.43. The predicted octanol–water partition coefficient (Wildman–Crippen LogP) is 3.68. The van der Waals surface area contributed by atoms with Crippen molar-refractivity contribution < 1.29 is 4.79 Å². The van der Waals surface area contributed by atoms with Crippen molar-refractivity contribution in [1.29, 1.82) is 0 Å². The van der Waals surface area contributed by atoms with Crippen LogP contribution >= 0.6 is 15.9 Å². The van der Waals surface area contributed by atoms with Gasteiger partial charge in [0.2, 0.25) is 5.91 Å². The average molecular weight is 333 g/mol. The topological polar surface area (TPSA) is 41.1 Å². The minimum atomic E-state index is -0.0515. The van der Waals surface area contributed by atoms with Gasteiger partial charge in [-0.3, -0.25) is 4.79 Å². The summed E-state index contributed by atoms with van der Waals surface area (Å²) < 4.78 is 1.06. The van der Waals surface area contributed by atoms with Gasteiger partial charge >= 0.3 is 0 Å². The van der Waals surface area contributed by atoms with E-state index in [4.69, 9.17) is 0 Å². The Morgan fingerprint density at radius 2 is 1.95 bits per heavy atom. The molecule has 20 heavy (non-hydrogen) atoms. The molecule has 0 unspecified atom stereocenters. The normalized spacial score (nSPS) is 18.9. The Morgan fingerprint density at radius 1 is 1.15 bits per heavy atom. The van der Waals surface area contributed by atoms with Crippen molar-refractivity contribution in [2.24, 2.45) is 0 Å². The molecule has 3 rings (SSSR count). The monoisotopic (exact) mass is 332 g/mol. The number of carbonyl (C=O) groups is 1. The summed E-state index contributed by atoms with van der Waals surface area (Å²) >= 11 is 3.47. The van der Waals surface area contributed by atoms with E-state index in [-0.39, 0.29) is 11.9 Å². The summed E-state index contributed by atoms with van der Waals surface area (Å²) in [6, 6.07) is 12.1. The van der Waals surface area contributed by atoms with E-state index in [0.717, 1.165) is 46.7 Å². The van der Waals surface area contributed by atoms with Crippen LogP contribution in [-0.4, -0.2) is 18.5 Å². The van der Waals surface area contributed by atoms with E-state index in [0.29, 0.717) is 0 Å². The number of amides is 1. The smallest absolute Gasteiger partial charge is 0.241 e. The molecule has 4 heteroatoms. The molecule has 1 amide bonds. The van der Waals surface area contributed by atoms with Crippen molar-refractivity contribution in [3.8, 4) is 0 Å². The summed E-state index contributed by atoms with van der Waals surface area (Å²) in [4.78, 5) is 12.2. The maximum absolute atomic E-state index is 12.2. The summed E-state index contributed by atoms with van der Waals surface area (Å²) in [7, 11) is 0. The highest BCUT2D eigenvalue weighted by atomic mass is 79.9. The minimum Gasteiger partial charge on any atom is -0.325 e. The van der Waals surface area contributed by atoms with E-state index in [1.807, 2.05) is 30.3 Å². The van der Waals surface area contributed by atoms with Crippen LogP contribution in [0.25, 0.3) is 10.8 Å². The van der Waals surface area contributed by atoms with Gasteiger partial charge in [0, 0.05) is 10.2 Å². The molecular weight excluding hydrogens is 316 g/mol. The first-order valence-electron chi connectivity index (χ1n) is 6.96. The average Bonchev–Trinajstić information content (AvgIpc) is 2.48. The largest absolute Gasteiger partial charge is 0.325 e. The summed E-state index contributed by atoms with van der Waals surface area (Å²) in [5, 5.41) is 8.56. The fraction of sp³-hybridized carbons (Fsp3) is 0.312. The van der Waals surface area contributed by atoms with E-state index >= 15 is 0 Å². The Balaban J connectivity index is 1.76. The molecule has 0 aliphatic carbocycles. The lowest BCUT2D eigenvalue weighted by atomic mass is 10.0. The van der Waals surface area contributed by atoms with E-state index in [1.54, 1.807) is 0 Å². The molecule has 0 spiro atoms. The summed E-state index contributed by atoms with van der Waals surface area (Å²) in [5.41, 5.74) is 0.859. The molecule has 2 aromatic rings. The van der Waals surface area contributed by atoms with Crippen LogP contribution in [0.5, 0.6) is 0 Å². The number of benzene rings is 2. The fourth-order valence-electron chi connectivity index (χ4n) is 2.60. The summed E-state index contributed by atoms with van der Waals surface area (Å²) in [5.74, 6) is 0.0705. The van der Waals surface area contributed by atoms with Crippen molar-refractivity contribution in [2.75, 3.05) is 11.9 Å². The molecule has 1 atom stereocenters. The summed E-state index contributed by atoms with van der Waals surface area (Å²) in [6.45, 7) is 0.934. The highest BCUT2D eigenvalue weighted by Crippen LogP contribution is 2.23. The van der Waals surface area contributed by atoms with Gasteiger partial charge in [0.05, 0.1) is 6.04 Å². The SMILES string of the molecule is O=C(Nc1ccc2cc(Br)ccc2c1)[C@@H]1CCCCN1. The zero-order chi connectivity index (χ0) is 13.9. The Labute approximate surface area is 126 Å². The minimum absolute atomic E-state index is 0.0515.